The minimum atomic E-state index is -0.746. The number of fused-ring (bicyclic) bond motifs is 1. The molecule has 2 N–H and O–H groups in total. The van der Waals surface area contributed by atoms with E-state index in [0.717, 1.165) is 17.1 Å². The second kappa shape index (κ2) is 6.66. The molecule has 0 saturated carbocycles. The molecule has 126 valence electrons. The lowest BCUT2D eigenvalue weighted by atomic mass is 10.2. The van der Waals surface area contributed by atoms with Crippen molar-refractivity contribution in [3.8, 4) is 11.5 Å². The molecule has 0 fully saturated rings. The third-order valence-electron chi connectivity index (χ3n) is 3.59. The van der Waals surface area contributed by atoms with E-state index in [2.05, 4.69) is 10.6 Å². The van der Waals surface area contributed by atoms with Gasteiger partial charge in [0.05, 0.1) is 0 Å². The highest BCUT2D eigenvalue weighted by molar-refractivity contribution is 6.39. The molecule has 1 aromatic heterocycles. The smallest absolute Gasteiger partial charge is 0.313 e. The second-order valence-electron chi connectivity index (χ2n) is 5.43. The van der Waals surface area contributed by atoms with Crippen LogP contribution < -0.4 is 20.1 Å². The van der Waals surface area contributed by atoms with E-state index in [1.807, 2.05) is 19.9 Å². The third kappa shape index (κ3) is 3.51. The average molecular weight is 330 g/mol. The van der Waals surface area contributed by atoms with Gasteiger partial charge < -0.3 is 24.5 Å². The molecule has 2 aromatic rings. The van der Waals surface area contributed by atoms with Crippen LogP contribution in [0, 0.1) is 13.8 Å². The van der Waals surface area contributed by atoms with Crippen LogP contribution in [0.1, 0.15) is 17.1 Å². The van der Waals surface area contributed by atoms with Gasteiger partial charge in [0.1, 0.15) is 24.7 Å². The zero-order chi connectivity index (χ0) is 17.1. The van der Waals surface area contributed by atoms with Gasteiger partial charge >= 0.3 is 11.8 Å². The first kappa shape index (κ1) is 15.9. The van der Waals surface area contributed by atoms with E-state index in [9.17, 15) is 9.59 Å². The highest BCUT2D eigenvalue weighted by Gasteiger charge is 2.17. The number of aryl methyl sites for hydroxylation is 2. The molecule has 0 radical (unpaired) electrons. The number of carbonyl (C=O) groups excluding carboxylic acids is 2. The SMILES string of the molecule is Cc1cc(CNC(=O)C(=O)Nc2ccc3c(c2)OCCO3)c(C)o1. The number of hydrogen-bond acceptors (Lipinski definition) is 5. The molecule has 7 heteroatoms. The van der Waals surface area contributed by atoms with E-state index in [4.69, 9.17) is 13.9 Å². The fraction of sp³-hybridized carbons (Fsp3) is 0.294. The topological polar surface area (TPSA) is 89.8 Å². The van der Waals surface area contributed by atoms with Crippen molar-refractivity contribution in [3.05, 3.63) is 41.3 Å². The van der Waals surface area contributed by atoms with Crippen molar-refractivity contribution in [2.24, 2.45) is 0 Å². The van der Waals surface area contributed by atoms with Crippen LogP contribution in [0.4, 0.5) is 5.69 Å². The number of benzene rings is 1. The summed E-state index contributed by atoms with van der Waals surface area (Å²) in [6.07, 6.45) is 0. The Morgan fingerprint density at radius 1 is 1.04 bits per heavy atom. The van der Waals surface area contributed by atoms with E-state index in [-0.39, 0.29) is 6.54 Å². The second-order valence-corrected chi connectivity index (χ2v) is 5.43. The molecule has 0 bridgehead atoms. The molecular weight excluding hydrogens is 312 g/mol. The monoisotopic (exact) mass is 330 g/mol. The summed E-state index contributed by atoms with van der Waals surface area (Å²) in [7, 11) is 0. The van der Waals surface area contributed by atoms with Crippen molar-refractivity contribution in [3.63, 3.8) is 0 Å². The number of amides is 2. The largest absolute Gasteiger partial charge is 0.486 e. The molecule has 1 aliphatic heterocycles. The van der Waals surface area contributed by atoms with Crippen molar-refractivity contribution in [2.75, 3.05) is 18.5 Å². The molecule has 2 amide bonds. The van der Waals surface area contributed by atoms with E-state index in [1.54, 1.807) is 18.2 Å². The molecule has 0 aliphatic carbocycles. The molecule has 1 aromatic carbocycles. The molecule has 24 heavy (non-hydrogen) atoms. The van der Waals surface area contributed by atoms with Crippen molar-refractivity contribution in [2.45, 2.75) is 20.4 Å². The average Bonchev–Trinajstić information content (AvgIpc) is 2.90. The van der Waals surface area contributed by atoms with Gasteiger partial charge in [-0.1, -0.05) is 0 Å². The molecule has 7 nitrogen and oxygen atoms in total. The van der Waals surface area contributed by atoms with Gasteiger partial charge in [-0.25, -0.2) is 0 Å². The Kier molecular flexibility index (Phi) is 4.41. The molecule has 0 saturated heterocycles. The van der Waals surface area contributed by atoms with Crippen molar-refractivity contribution in [1.29, 1.82) is 0 Å². The maximum Gasteiger partial charge on any atom is 0.313 e. The van der Waals surface area contributed by atoms with Gasteiger partial charge in [-0.3, -0.25) is 9.59 Å². The van der Waals surface area contributed by atoms with Gasteiger partial charge in [-0.05, 0) is 32.0 Å². The number of hydrogen-bond donors (Lipinski definition) is 2. The summed E-state index contributed by atoms with van der Waals surface area (Å²) in [6, 6.07) is 6.81. The van der Waals surface area contributed by atoms with E-state index < -0.39 is 11.8 Å². The molecule has 0 spiro atoms. The molecule has 0 atom stereocenters. The van der Waals surface area contributed by atoms with Crippen LogP contribution in [-0.2, 0) is 16.1 Å². The Labute approximate surface area is 138 Å². The Bertz CT molecular complexity index is 781. The quantitative estimate of drug-likeness (QED) is 0.839. The summed E-state index contributed by atoms with van der Waals surface area (Å²) in [6.45, 7) is 4.82. The van der Waals surface area contributed by atoms with Crippen LogP contribution in [0.15, 0.2) is 28.7 Å². The normalized spacial score (nSPS) is 12.6. The number of rotatable bonds is 3. The van der Waals surface area contributed by atoms with E-state index in [0.29, 0.717) is 30.4 Å². The third-order valence-corrected chi connectivity index (χ3v) is 3.59. The minimum Gasteiger partial charge on any atom is -0.486 e. The van der Waals surface area contributed by atoms with Crippen molar-refractivity contribution < 1.29 is 23.5 Å². The van der Waals surface area contributed by atoms with E-state index >= 15 is 0 Å². The Morgan fingerprint density at radius 3 is 2.50 bits per heavy atom. The van der Waals surface area contributed by atoms with Gasteiger partial charge in [0.25, 0.3) is 0 Å². The van der Waals surface area contributed by atoms with Crippen LogP contribution in [0.2, 0.25) is 0 Å². The number of furan rings is 1. The summed E-state index contributed by atoms with van der Waals surface area (Å²) in [4.78, 5) is 23.9. The Hall–Kier alpha value is -2.96. The highest BCUT2D eigenvalue weighted by Crippen LogP contribution is 2.32. The lowest BCUT2D eigenvalue weighted by molar-refractivity contribution is -0.136. The fourth-order valence-electron chi connectivity index (χ4n) is 2.42. The number of anilines is 1. The van der Waals surface area contributed by atoms with Crippen LogP contribution in [-0.4, -0.2) is 25.0 Å². The first-order chi connectivity index (χ1) is 11.5. The lowest BCUT2D eigenvalue weighted by Crippen LogP contribution is -2.35. The lowest BCUT2D eigenvalue weighted by Gasteiger charge is -2.18. The van der Waals surface area contributed by atoms with Gasteiger partial charge in [0.2, 0.25) is 0 Å². The molecule has 3 rings (SSSR count). The summed E-state index contributed by atoms with van der Waals surface area (Å²) in [5.74, 6) is 1.18. The van der Waals surface area contributed by atoms with Crippen LogP contribution >= 0.6 is 0 Å². The zero-order valence-electron chi connectivity index (χ0n) is 13.5. The summed E-state index contributed by atoms with van der Waals surface area (Å²) < 4.78 is 16.2. The van der Waals surface area contributed by atoms with Gasteiger partial charge in [-0.2, -0.15) is 0 Å². The molecule has 0 unspecified atom stereocenters. The van der Waals surface area contributed by atoms with Crippen LogP contribution in [0.5, 0.6) is 11.5 Å². The summed E-state index contributed by atoms with van der Waals surface area (Å²) in [5, 5.41) is 5.11. The first-order valence-corrected chi connectivity index (χ1v) is 7.57. The number of carbonyl (C=O) groups is 2. The summed E-state index contributed by atoms with van der Waals surface area (Å²) >= 11 is 0. The fourth-order valence-corrected chi connectivity index (χ4v) is 2.42. The maximum absolute atomic E-state index is 12.0. The van der Waals surface area contributed by atoms with Gasteiger partial charge in [0, 0.05) is 23.9 Å². The van der Waals surface area contributed by atoms with Crippen molar-refractivity contribution in [1.82, 2.24) is 5.32 Å². The Morgan fingerprint density at radius 2 is 1.79 bits per heavy atom. The van der Waals surface area contributed by atoms with Crippen LogP contribution in [0.25, 0.3) is 0 Å². The zero-order valence-corrected chi connectivity index (χ0v) is 13.5. The first-order valence-electron chi connectivity index (χ1n) is 7.57. The number of nitrogens with one attached hydrogen (secondary N) is 2. The molecular formula is C17H18N2O5. The van der Waals surface area contributed by atoms with E-state index in [1.165, 1.54) is 0 Å². The predicted molar refractivity (Wildman–Crippen MR) is 86.1 cm³/mol. The predicted octanol–water partition coefficient (Wildman–Crippen LogP) is 1.92. The minimum absolute atomic E-state index is 0.233. The molecule has 1 aliphatic rings. The number of ether oxygens (including phenoxy) is 2. The van der Waals surface area contributed by atoms with Gasteiger partial charge in [0.15, 0.2) is 11.5 Å². The Balaban J connectivity index is 1.58. The maximum atomic E-state index is 12.0. The highest BCUT2D eigenvalue weighted by atomic mass is 16.6. The van der Waals surface area contributed by atoms with Crippen molar-refractivity contribution >= 4 is 17.5 Å². The standard InChI is InChI=1S/C17H18N2O5/c1-10-7-12(11(2)24-10)9-18-16(20)17(21)19-13-3-4-14-15(8-13)23-6-5-22-14/h3-4,7-8H,5-6,9H2,1-2H3,(H,18,20)(H,19,21). The van der Waals surface area contributed by atoms with Crippen LogP contribution in [0.3, 0.4) is 0 Å². The molecule has 2 heterocycles. The van der Waals surface area contributed by atoms with Gasteiger partial charge in [-0.15, -0.1) is 0 Å². The summed E-state index contributed by atoms with van der Waals surface area (Å²) in [5.41, 5.74) is 1.31.